The third-order valence-electron chi connectivity index (χ3n) is 6.74. The summed E-state index contributed by atoms with van der Waals surface area (Å²) in [6, 6.07) is 26.4. The molecule has 0 amide bonds. The monoisotopic (exact) mass is 369 g/mol. The van der Waals surface area contributed by atoms with E-state index in [1.54, 1.807) is 0 Å². The van der Waals surface area contributed by atoms with Crippen molar-refractivity contribution in [2.24, 2.45) is 5.92 Å². The lowest BCUT2D eigenvalue weighted by Crippen LogP contribution is -2.52. The zero-order valence-electron chi connectivity index (χ0n) is 16.3. The molecule has 2 heteroatoms. The number of carbonyl (C=O) groups excluding carboxylic acids is 1. The lowest BCUT2D eigenvalue weighted by Gasteiger charge is -2.48. The van der Waals surface area contributed by atoms with Gasteiger partial charge in [-0.1, -0.05) is 73.2 Å². The average molecular weight is 370 g/mol. The molecular formula is C26H27NO. The number of nitrogens with zero attached hydrogens (tertiary/aromatic N) is 1. The second-order valence-corrected chi connectivity index (χ2v) is 8.49. The molecule has 0 N–H and O–H groups in total. The van der Waals surface area contributed by atoms with E-state index in [1.807, 2.05) is 18.2 Å². The molecule has 2 aliphatic rings. The first-order valence-electron chi connectivity index (χ1n) is 10.6. The number of piperidine rings is 2. The minimum atomic E-state index is 0.170. The van der Waals surface area contributed by atoms with Crippen LogP contribution in [0.3, 0.4) is 0 Å². The number of rotatable bonds is 4. The molecule has 2 fully saturated rings. The van der Waals surface area contributed by atoms with Crippen molar-refractivity contribution in [1.82, 2.24) is 4.90 Å². The van der Waals surface area contributed by atoms with Crippen molar-refractivity contribution in [3.63, 3.8) is 0 Å². The lowest BCUT2D eigenvalue weighted by atomic mass is 9.75. The number of fused-ring (bicyclic) bond motifs is 3. The van der Waals surface area contributed by atoms with Crippen molar-refractivity contribution in [1.29, 1.82) is 0 Å². The number of hydrogen-bond acceptors (Lipinski definition) is 2. The van der Waals surface area contributed by atoms with Crippen molar-refractivity contribution in [3.8, 4) is 0 Å². The summed E-state index contributed by atoms with van der Waals surface area (Å²) in [5.41, 5.74) is 2.27. The van der Waals surface area contributed by atoms with Gasteiger partial charge in [-0.05, 0) is 48.1 Å². The van der Waals surface area contributed by atoms with Gasteiger partial charge in [0.05, 0.1) is 0 Å². The number of ketones is 1. The van der Waals surface area contributed by atoms with E-state index in [1.165, 1.54) is 30.2 Å². The Kier molecular flexibility index (Phi) is 4.74. The third kappa shape index (κ3) is 3.38. The highest BCUT2D eigenvalue weighted by molar-refractivity contribution is 6.01. The van der Waals surface area contributed by atoms with Crippen LogP contribution in [0.4, 0.5) is 0 Å². The summed E-state index contributed by atoms with van der Waals surface area (Å²) >= 11 is 0. The number of hydrogen-bond donors (Lipinski definition) is 0. The molecule has 3 aromatic carbocycles. The molecule has 142 valence electrons. The van der Waals surface area contributed by atoms with E-state index in [2.05, 4.69) is 59.5 Å². The molecule has 0 radical (unpaired) electrons. The molecule has 2 heterocycles. The average Bonchev–Trinajstić information content (AvgIpc) is 2.73. The van der Waals surface area contributed by atoms with Gasteiger partial charge in [0.15, 0.2) is 5.78 Å². The van der Waals surface area contributed by atoms with Gasteiger partial charge in [0, 0.05) is 30.1 Å². The molecule has 2 aliphatic heterocycles. The lowest BCUT2D eigenvalue weighted by molar-refractivity contribution is 0.00907. The molecule has 0 aromatic heterocycles. The molecule has 0 aliphatic carbocycles. The summed E-state index contributed by atoms with van der Waals surface area (Å²) in [5, 5.41) is 2.36. The predicted molar refractivity (Wildman–Crippen MR) is 114 cm³/mol. The summed E-state index contributed by atoms with van der Waals surface area (Å²) in [7, 11) is 0. The van der Waals surface area contributed by atoms with E-state index in [0.717, 1.165) is 30.3 Å². The van der Waals surface area contributed by atoms with Crippen molar-refractivity contribution in [2.45, 2.75) is 50.7 Å². The maximum Gasteiger partial charge on any atom is 0.166 e. The van der Waals surface area contributed by atoms with Gasteiger partial charge < -0.3 is 0 Å². The van der Waals surface area contributed by atoms with Crippen molar-refractivity contribution < 1.29 is 4.79 Å². The van der Waals surface area contributed by atoms with Crippen LogP contribution in [0, 0.1) is 5.92 Å². The fourth-order valence-corrected chi connectivity index (χ4v) is 5.32. The standard InChI is InChI=1S/C26H27NO/c28-26(22-14-13-20-9-4-5-10-21(20)15-22)23-16-24-11-6-12-25(17-23)27(24)18-19-7-2-1-3-8-19/h1-5,7-10,13-15,23-25H,6,11-12,16-18H2. The smallest absolute Gasteiger partial charge is 0.166 e. The van der Waals surface area contributed by atoms with Gasteiger partial charge >= 0.3 is 0 Å². The first kappa shape index (κ1) is 17.6. The minimum absolute atomic E-state index is 0.170. The maximum atomic E-state index is 13.3. The summed E-state index contributed by atoms with van der Waals surface area (Å²) < 4.78 is 0. The Labute approximate surface area is 167 Å². The van der Waals surface area contributed by atoms with Crippen LogP contribution >= 0.6 is 0 Å². The van der Waals surface area contributed by atoms with Crippen molar-refractivity contribution >= 4 is 16.6 Å². The largest absolute Gasteiger partial charge is 0.294 e. The van der Waals surface area contributed by atoms with E-state index < -0.39 is 0 Å². The van der Waals surface area contributed by atoms with Crippen LogP contribution < -0.4 is 0 Å². The minimum Gasteiger partial charge on any atom is -0.294 e. The molecule has 0 spiro atoms. The summed E-state index contributed by atoms with van der Waals surface area (Å²) in [4.78, 5) is 16.0. The highest BCUT2D eigenvalue weighted by Crippen LogP contribution is 2.39. The van der Waals surface area contributed by atoms with Gasteiger partial charge in [-0.2, -0.15) is 0 Å². The molecule has 2 unspecified atom stereocenters. The van der Waals surface area contributed by atoms with Crippen molar-refractivity contribution in [2.75, 3.05) is 0 Å². The zero-order valence-corrected chi connectivity index (χ0v) is 16.3. The Hall–Kier alpha value is -2.45. The highest BCUT2D eigenvalue weighted by Gasteiger charge is 2.40. The van der Waals surface area contributed by atoms with Crippen LogP contribution in [0.25, 0.3) is 10.8 Å². The first-order chi connectivity index (χ1) is 13.8. The number of benzene rings is 3. The topological polar surface area (TPSA) is 20.3 Å². The molecule has 2 bridgehead atoms. The Morgan fingerprint density at radius 3 is 2.25 bits per heavy atom. The van der Waals surface area contributed by atoms with E-state index >= 15 is 0 Å². The highest BCUT2D eigenvalue weighted by atomic mass is 16.1. The van der Waals surface area contributed by atoms with Gasteiger partial charge in [-0.25, -0.2) is 0 Å². The van der Waals surface area contributed by atoms with Crippen LogP contribution in [0.2, 0.25) is 0 Å². The third-order valence-corrected chi connectivity index (χ3v) is 6.74. The van der Waals surface area contributed by atoms with Gasteiger partial charge in [-0.3, -0.25) is 9.69 Å². The Morgan fingerprint density at radius 2 is 1.50 bits per heavy atom. The molecule has 0 saturated carbocycles. The Balaban J connectivity index is 1.35. The zero-order chi connectivity index (χ0) is 18.9. The summed E-state index contributed by atoms with van der Waals surface area (Å²) in [6.45, 7) is 1.02. The SMILES string of the molecule is O=C(c1ccc2ccccc2c1)C1CC2CCCC(C1)N2Cc1ccccc1. The maximum absolute atomic E-state index is 13.3. The Morgan fingerprint density at radius 1 is 0.821 bits per heavy atom. The summed E-state index contributed by atoms with van der Waals surface area (Å²) in [5.74, 6) is 0.519. The van der Waals surface area contributed by atoms with Gasteiger partial charge in [0.1, 0.15) is 0 Å². The molecule has 3 aromatic rings. The van der Waals surface area contributed by atoms with Crippen LogP contribution in [0.15, 0.2) is 72.8 Å². The fourth-order valence-electron chi connectivity index (χ4n) is 5.32. The van der Waals surface area contributed by atoms with Crippen LogP contribution in [0.5, 0.6) is 0 Å². The Bertz CT molecular complexity index is 966. The molecule has 5 rings (SSSR count). The molecule has 2 saturated heterocycles. The quantitative estimate of drug-likeness (QED) is 0.537. The van der Waals surface area contributed by atoms with Gasteiger partial charge in [-0.15, -0.1) is 0 Å². The van der Waals surface area contributed by atoms with Gasteiger partial charge in [0.25, 0.3) is 0 Å². The molecule has 28 heavy (non-hydrogen) atoms. The molecule has 2 atom stereocenters. The summed E-state index contributed by atoms with van der Waals surface area (Å²) in [6.07, 6.45) is 5.77. The number of carbonyl (C=O) groups is 1. The molecular weight excluding hydrogens is 342 g/mol. The second kappa shape index (κ2) is 7.52. The van der Waals surface area contributed by atoms with Gasteiger partial charge in [0.2, 0.25) is 0 Å². The first-order valence-corrected chi connectivity index (χ1v) is 10.6. The van der Waals surface area contributed by atoms with Crippen LogP contribution in [-0.4, -0.2) is 22.8 Å². The van der Waals surface area contributed by atoms with Crippen molar-refractivity contribution in [3.05, 3.63) is 83.9 Å². The number of Topliss-reactive ketones (excluding diaryl/α,β-unsaturated/α-hetero) is 1. The van der Waals surface area contributed by atoms with E-state index in [4.69, 9.17) is 0 Å². The fraction of sp³-hybridized carbons (Fsp3) is 0.346. The van der Waals surface area contributed by atoms with E-state index in [9.17, 15) is 4.79 Å². The predicted octanol–water partition coefficient (Wildman–Crippen LogP) is 5.86. The van der Waals surface area contributed by atoms with E-state index in [0.29, 0.717) is 17.9 Å². The van der Waals surface area contributed by atoms with Crippen LogP contribution in [-0.2, 0) is 6.54 Å². The van der Waals surface area contributed by atoms with Crippen LogP contribution in [0.1, 0.15) is 48.0 Å². The molecule has 2 nitrogen and oxygen atoms in total. The second-order valence-electron chi connectivity index (χ2n) is 8.49. The normalized spacial score (nSPS) is 24.9. The van der Waals surface area contributed by atoms with E-state index in [-0.39, 0.29) is 5.92 Å².